The van der Waals surface area contributed by atoms with E-state index in [0.29, 0.717) is 45.6 Å². The average Bonchev–Trinajstić information content (AvgIpc) is 3.44. The van der Waals surface area contributed by atoms with Crippen molar-refractivity contribution in [2.45, 2.75) is 113 Å². The summed E-state index contributed by atoms with van der Waals surface area (Å²) in [5, 5.41) is 9.95. The summed E-state index contributed by atoms with van der Waals surface area (Å²) in [5.74, 6) is 2.80. The summed E-state index contributed by atoms with van der Waals surface area (Å²) in [6.07, 6.45) is 2.55. The molecular formula is C35H56O8P2. The number of fused-ring (bicyclic) bond motifs is 2. The first-order valence-electron chi connectivity index (χ1n) is 15.2. The first-order chi connectivity index (χ1) is 19.9. The highest BCUT2D eigenvalue weighted by Crippen LogP contribution is 2.64. The highest BCUT2D eigenvalue weighted by molar-refractivity contribution is 7.74. The molecule has 5 atom stereocenters. The molecule has 45 heavy (non-hydrogen) atoms. The van der Waals surface area contributed by atoms with Crippen LogP contribution in [0.5, 0.6) is 23.0 Å². The van der Waals surface area contributed by atoms with E-state index in [0.717, 1.165) is 19.3 Å². The monoisotopic (exact) mass is 666 g/mol. The molecule has 8 nitrogen and oxygen atoms in total. The average molecular weight is 667 g/mol. The third kappa shape index (κ3) is 7.60. The first kappa shape index (κ1) is 38.8. The summed E-state index contributed by atoms with van der Waals surface area (Å²) in [6.45, 7) is 18.1. The molecule has 0 radical (unpaired) electrons. The molecule has 2 aromatic carbocycles. The second kappa shape index (κ2) is 14.1. The molecule has 2 aromatic rings. The predicted octanol–water partition coefficient (Wildman–Crippen LogP) is 9.60. The van der Waals surface area contributed by atoms with E-state index in [2.05, 4.69) is 20.8 Å². The number of hydrogen-bond donors (Lipinski definition) is 1. The van der Waals surface area contributed by atoms with Gasteiger partial charge in [-0.15, -0.1) is 0 Å². The maximum atomic E-state index is 13.7. The van der Waals surface area contributed by atoms with Gasteiger partial charge < -0.3 is 33.2 Å². The molecule has 254 valence electrons. The number of rotatable bonds is 3. The molecule has 0 amide bonds. The van der Waals surface area contributed by atoms with Crippen LogP contribution in [0.1, 0.15) is 96.4 Å². The van der Waals surface area contributed by atoms with Crippen molar-refractivity contribution in [1.29, 1.82) is 0 Å². The van der Waals surface area contributed by atoms with Crippen molar-refractivity contribution >= 4 is 31.0 Å². The van der Waals surface area contributed by atoms with Crippen LogP contribution in [-0.4, -0.2) is 40.4 Å². The largest absolute Gasteiger partial charge is 0.514 e. The van der Waals surface area contributed by atoms with Crippen molar-refractivity contribution in [3.8, 4) is 23.0 Å². The van der Waals surface area contributed by atoms with Crippen LogP contribution in [0.15, 0.2) is 36.4 Å². The number of phenols is 1. The third-order valence-electron chi connectivity index (χ3n) is 9.04. The van der Waals surface area contributed by atoms with E-state index in [1.807, 2.05) is 41.5 Å². The Labute approximate surface area is 271 Å². The molecule has 1 N–H and O–H groups in total. The van der Waals surface area contributed by atoms with Gasteiger partial charge in [0.15, 0.2) is 14.3 Å². The van der Waals surface area contributed by atoms with Crippen LogP contribution in [0.4, 0.5) is 4.79 Å². The van der Waals surface area contributed by atoms with E-state index in [4.69, 9.17) is 18.9 Å². The lowest BCUT2D eigenvalue weighted by molar-refractivity contribution is -0.0135. The molecule has 1 fully saturated rings. The Hall–Kier alpha value is -2.43. The van der Waals surface area contributed by atoms with Gasteiger partial charge in [0.25, 0.3) is 0 Å². The number of carbonyl (C=O) groups excluding carboxylic acids is 1. The second-order valence-electron chi connectivity index (χ2n) is 14.4. The summed E-state index contributed by atoms with van der Waals surface area (Å²) in [4.78, 5) is 12.6. The van der Waals surface area contributed by atoms with Crippen LogP contribution in [-0.2, 0) is 13.9 Å². The van der Waals surface area contributed by atoms with E-state index in [9.17, 15) is 19.0 Å². The van der Waals surface area contributed by atoms with Gasteiger partial charge in [0.2, 0.25) is 0 Å². The molecule has 1 aliphatic carbocycles. The van der Waals surface area contributed by atoms with Crippen LogP contribution in [0, 0.1) is 17.8 Å². The lowest BCUT2D eigenvalue weighted by atomic mass is 9.75. The van der Waals surface area contributed by atoms with Crippen molar-refractivity contribution in [3.63, 3.8) is 0 Å². The summed E-state index contributed by atoms with van der Waals surface area (Å²) < 4.78 is 48.9. The van der Waals surface area contributed by atoms with Crippen LogP contribution in [0.3, 0.4) is 0 Å². The van der Waals surface area contributed by atoms with Gasteiger partial charge in [0.1, 0.15) is 47.1 Å². The summed E-state index contributed by atoms with van der Waals surface area (Å²) >= 11 is 0. The number of carbonyl (C=O) groups is 1. The molecule has 2 heterocycles. The van der Waals surface area contributed by atoms with Crippen molar-refractivity contribution in [2.24, 2.45) is 17.8 Å². The van der Waals surface area contributed by atoms with E-state index < -0.39 is 25.6 Å². The molecule has 0 aromatic heterocycles. The minimum atomic E-state index is -2.87. The maximum Gasteiger partial charge on any atom is 0.514 e. The lowest BCUT2D eigenvalue weighted by Gasteiger charge is -2.36. The highest BCUT2D eigenvalue weighted by Gasteiger charge is 2.48. The maximum absolute atomic E-state index is 13.7. The summed E-state index contributed by atoms with van der Waals surface area (Å²) in [7, 11) is -5.53. The summed E-state index contributed by atoms with van der Waals surface area (Å²) in [6, 6.07) is 10.2. The van der Waals surface area contributed by atoms with Crippen LogP contribution in [0.25, 0.3) is 0 Å². The molecule has 3 aliphatic rings. The number of hydrogen-bond acceptors (Lipinski definition) is 8. The standard InChI is InChI=1S/C22H33O5P.C11H15O3P.2CH4/c1-14(2)16-11-10-15(3)12-19(16)27-21(23)26-18-9-7-8-17-20(18)28(24,13-25-17)22(4,5)6;1-11(2,3)15(13)7-14-9-6-4-5-8(12)10(9)15;;/h7-9,14-16,19H,10-13H2,1-6H3;4-6,12H,7H2,1-3H3;2*1H4/t15-,16+,19-,28-;15-;;/m00../s1. The molecular weight excluding hydrogens is 610 g/mol. The normalized spacial score (nSPS) is 26.8. The predicted molar refractivity (Wildman–Crippen MR) is 185 cm³/mol. The lowest BCUT2D eigenvalue weighted by Crippen LogP contribution is -2.36. The van der Waals surface area contributed by atoms with E-state index in [-0.39, 0.29) is 44.6 Å². The minimum Gasteiger partial charge on any atom is -0.507 e. The molecule has 10 heteroatoms. The SMILES string of the molecule is C.C.CC(C)(C)[P@]1(=O)COc2cccc(O)c21.CC(C)[C@H]1CC[C@H](C)C[C@@H]1OC(=O)Oc1cccc2c1[P@](=O)(C(C)(C)C)CO2. The Morgan fingerprint density at radius 2 is 1.38 bits per heavy atom. The van der Waals surface area contributed by atoms with Gasteiger partial charge in [-0.2, -0.15) is 0 Å². The minimum absolute atomic E-state index is 0. The van der Waals surface area contributed by atoms with Gasteiger partial charge in [-0.05, 0) is 54.9 Å². The Bertz CT molecular complexity index is 1440. The van der Waals surface area contributed by atoms with E-state index in [1.165, 1.54) is 0 Å². The Balaban J connectivity index is 0.000000352. The topological polar surface area (TPSA) is 108 Å². The van der Waals surface area contributed by atoms with Gasteiger partial charge in [-0.3, -0.25) is 0 Å². The molecule has 0 spiro atoms. The number of aromatic hydroxyl groups is 1. The van der Waals surface area contributed by atoms with Crippen molar-refractivity contribution in [3.05, 3.63) is 36.4 Å². The zero-order valence-electron chi connectivity index (χ0n) is 27.0. The van der Waals surface area contributed by atoms with Crippen LogP contribution >= 0.6 is 14.3 Å². The molecule has 0 unspecified atom stereocenters. The van der Waals surface area contributed by atoms with Gasteiger partial charge in [0, 0.05) is 10.3 Å². The fraction of sp³-hybridized carbons (Fsp3) is 0.629. The smallest absolute Gasteiger partial charge is 0.507 e. The Morgan fingerprint density at radius 3 is 1.91 bits per heavy atom. The fourth-order valence-electron chi connectivity index (χ4n) is 6.04. The number of phenolic OH excluding ortho intramolecular Hbond substituents is 1. The number of benzene rings is 2. The quantitative estimate of drug-likeness (QED) is 0.196. The molecule has 0 saturated heterocycles. The molecule has 2 aliphatic heterocycles. The zero-order chi connectivity index (χ0) is 32.0. The van der Waals surface area contributed by atoms with Gasteiger partial charge in [-0.25, -0.2) is 4.79 Å². The molecule has 5 rings (SSSR count). The molecule has 1 saturated carbocycles. The Morgan fingerprint density at radius 1 is 0.867 bits per heavy atom. The fourth-order valence-corrected chi connectivity index (χ4v) is 11.0. The van der Waals surface area contributed by atoms with Crippen molar-refractivity contribution < 1.29 is 38.0 Å². The third-order valence-corrected chi connectivity index (χ3v) is 16.7. The van der Waals surface area contributed by atoms with Crippen LogP contribution < -0.4 is 24.8 Å². The Kier molecular flexibility index (Phi) is 12.2. The van der Waals surface area contributed by atoms with Gasteiger partial charge >= 0.3 is 6.16 Å². The van der Waals surface area contributed by atoms with Crippen molar-refractivity contribution in [2.75, 3.05) is 12.7 Å². The van der Waals surface area contributed by atoms with Crippen LogP contribution in [0.2, 0.25) is 0 Å². The van der Waals surface area contributed by atoms with Gasteiger partial charge in [0.05, 0.1) is 5.30 Å². The second-order valence-corrected chi connectivity index (χ2v) is 21.5. The van der Waals surface area contributed by atoms with Crippen molar-refractivity contribution in [1.82, 2.24) is 0 Å². The van der Waals surface area contributed by atoms with E-state index in [1.54, 1.807) is 36.4 Å². The first-order valence-corrected chi connectivity index (χ1v) is 19.0. The van der Waals surface area contributed by atoms with Gasteiger partial charge in [-0.1, -0.05) is 95.7 Å². The van der Waals surface area contributed by atoms with E-state index >= 15 is 0 Å². The summed E-state index contributed by atoms with van der Waals surface area (Å²) in [5.41, 5.74) is 0. The highest BCUT2D eigenvalue weighted by atomic mass is 31.2. The zero-order valence-corrected chi connectivity index (χ0v) is 28.8. The molecule has 0 bridgehead atoms. The number of ether oxygens (including phenoxy) is 4.